The van der Waals surface area contributed by atoms with Crippen LogP contribution in [0.3, 0.4) is 0 Å². The first-order valence-electron chi connectivity index (χ1n) is 4.69. The van der Waals surface area contributed by atoms with Crippen LogP contribution in [0.1, 0.15) is 16.1 Å². The normalized spacial score (nSPS) is 10.2. The van der Waals surface area contributed by atoms with Crippen molar-refractivity contribution in [1.82, 2.24) is 9.97 Å². The molecule has 0 aliphatic carbocycles. The fourth-order valence-electron chi connectivity index (χ4n) is 1.18. The fourth-order valence-corrected chi connectivity index (χ4v) is 2.12. The molecule has 88 valence electrons. The minimum Gasteiger partial charge on any atom is -0.367 e. The molecule has 2 heterocycles. The highest BCUT2D eigenvalue weighted by Gasteiger charge is 2.11. The summed E-state index contributed by atoms with van der Waals surface area (Å²) < 4.78 is 0. The zero-order chi connectivity index (χ0) is 12.3. The smallest absolute Gasteiger partial charge is 0.262 e. The number of nitrogens with zero attached hydrogens (tertiary/aromatic N) is 1. The first-order chi connectivity index (χ1) is 8.20. The lowest BCUT2D eigenvalue weighted by Gasteiger charge is -1.99. The average Bonchev–Trinajstić information content (AvgIpc) is 2.77. The van der Waals surface area contributed by atoms with Crippen molar-refractivity contribution in [2.45, 2.75) is 5.88 Å². The molecule has 7 heteroatoms. The quantitative estimate of drug-likeness (QED) is 0.835. The second kappa shape index (κ2) is 5.11. The number of pyridine rings is 1. The van der Waals surface area contributed by atoms with Gasteiger partial charge in [0, 0.05) is 23.8 Å². The Morgan fingerprint density at radius 1 is 1.59 bits per heavy atom. The monoisotopic (exact) mass is 269 g/mol. The Hall–Kier alpha value is -1.66. The van der Waals surface area contributed by atoms with E-state index in [-0.39, 0.29) is 16.9 Å². The van der Waals surface area contributed by atoms with Gasteiger partial charge < -0.3 is 4.98 Å². The van der Waals surface area contributed by atoms with Crippen LogP contribution >= 0.6 is 22.9 Å². The molecule has 5 nitrogen and oxygen atoms in total. The number of rotatable bonds is 3. The standard InChI is InChI=1S/C10H8ClN3O2S/c11-3-6-5-17-10(13-6)14-9(16)7-4-12-2-1-8(7)15/h1-2,4-5H,3H2,(H,12,15)(H,13,14,16). The number of carbonyl (C=O) groups is 1. The molecular weight excluding hydrogens is 262 g/mol. The molecule has 0 bridgehead atoms. The van der Waals surface area contributed by atoms with E-state index in [0.29, 0.717) is 10.8 Å². The van der Waals surface area contributed by atoms with Gasteiger partial charge >= 0.3 is 0 Å². The molecule has 17 heavy (non-hydrogen) atoms. The second-order valence-corrected chi connectivity index (χ2v) is 4.28. The molecule has 0 unspecified atom stereocenters. The number of hydrogen-bond acceptors (Lipinski definition) is 4. The number of alkyl halides is 1. The van der Waals surface area contributed by atoms with Gasteiger partial charge in [-0.15, -0.1) is 22.9 Å². The average molecular weight is 270 g/mol. The summed E-state index contributed by atoms with van der Waals surface area (Å²) in [6.45, 7) is 0. The molecule has 0 radical (unpaired) electrons. The number of aromatic nitrogens is 2. The van der Waals surface area contributed by atoms with Gasteiger partial charge in [-0.05, 0) is 0 Å². The van der Waals surface area contributed by atoms with E-state index >= 15 is 0 Å². The van der Waals surface area contributed by atoms with E-state index in [0.717, 1.165) is 0 Å². The molecule has 0 aromatic carbocycles. The summed E-state index contributed by atoms with van der Waals surface area (Å²) in [4.78, 5) is 29.9. The van der Waals surface area contributed by atoms with Crippen LogP contribution in [-0.4, -0.2) is 15.9 Å². The van der Waals surface area contributed by atoms with E-state index < -0.39 is 5.91 Å². The number of anilines is 1. The van der Waals surface area contributed by atoms with Crippen molar-refractivity contribution in [3.05, 3.63) is 45.3 Å². The molecule has 2 N–H and O–H groups in total. The largest absolute Gasteiger partial charge is 0.367 e. The highest BCUT2D eigenvalue weighted by atomic mass is 35.5. The van der Waals surface area contributed by atoms with Crippen LogP contribution in [0.25, 0.3) is 0 Å². The Morgan fingerprint density at radius 3 is 3.06 bits per heavy atom. The number of carbonyl (C=O) groups excluding carboxylic acids is 1. The molecule has 2 aromatic rings. The Bertz CT molecular complexity index is 593. The zero-order valence-corrected chi connectivity index (χ0v) is 10.1. The van der Waals surface area contributed by atoms with Crippen LogP contribution in [0.5, 0.6) is 0 Å². The molecule has 0 aliphatic rings. The van der Waals surface area contributed by atoms with Gasteiger partial charge in [0.1, 0.15) is 5.56 Å². The molecule has 0 fully saturated rings. The molecule has 0 spiro atoms. The maximum absolute atomic E-state index is 11.7. The third-order valence-electron chi connectivity index (χ3n) is 1.98. The van der Waals surface area contributed by atoms with Gasteiger partial charge in [0.05, 0.1) is 11.6 Å². The summed E-state index contributed by atoms with van der Waals surface area (Å²) in [5.41, 5.74) is 0.402. The maximum Gasteiger partial charge on any atom is 0.262 e. The molecule has 1 amide bonds. The SMILES string of the molecule is O=C(Nc1nc(CCl)cs1)c1c[nH]ccc1=O. The van der Waals surface area contributed by atoms with E-state index in [4.69, 9.17) is 11.6 Å². The van der Waals surface area contributed by atoms with Crippen LogP contribution in [0, 0.1) is 0 Å². The van der Waals surface area contributed by atoms with Crippen LogP contribution in [0.15, 0.2) is 28.6 Å². The lowest BCUT2D eigenvalue weighted by molar-refractivity contribution is 0.102. The van der Waals surface area contributed by atoms with Gasteiger partial charge in [-0.3, -0.25) is 14.9 Å². The number of aromatic amines is 1. The summed E-state index contributed by atoms with van der Waals surface area (Å²) in [5.74, 6) is -0.194. The van der Waals surface area contributed by atoms with Crippen molar-refractivity contribution in [2.24, 2.45) is 0 Å². The predicted octanol–water partition coefficient (Wildman–Crippen LogP) is 1.82. The lowest BCUT2D eigenvalue weighted by atomic mass is 10.2. The Kier molecular flexibility index (Phi) is 3.55. The van der Waals surface area contributed by atoms with E-state index in [1.807, 2.05) is 0 Å². The molecule has 2 aromatic heterocycles. The minimum atomic E-state index is -0.484. The molecule has 2 rings (SSSR count). The van der Waals surface area contributed by atoms with Gasteiger partial charge in [-0.25, -0.2) is 4.98 Å². The van der Waals surface area contributed by atoms with Gasteiger partial charge in [0.15, 0.2) is 10.6 Å². The van der Waals surface area contributed by atoms with Gasteiger partial charge in [-0.1, -0.05) is 0 Å². The van der Waals surface area contributed by atoms with Crippen molar-refractivity contribution in [1.29, 1.82) is 0 Å². The van der Waals surface area contributed by atoms with Crippen LogP contribution < -0.4 is 10.7 Å². The highest BCUT2D eigenvalue weighted by molar-refractivity contribution is 7.14. The van der Waals surface area contributed by atoms with E-state index in [1.165, 1.54) is 29.8 Å². The highest BCUT2D eigenvalue weighted by Crippen LogP contribution is 2.16. The van der Waals surface area contributed by atoms with Gasteiger partial charge in [0.2, 0.25) is 0 Å². The van der Waals surface area contributed by atoms with E-state index in [1.54, 1.807) is 5.38 Å². The number of halogens is 1. The lowest BCUT2D eigenvalue weighted by Crippen LogP contribution is -2.20. The Labute approximate surface area is 105 Å². The summed E-state index contributed by atoms with van der Waals surface area (Å²) in [7, 11) is 0. The predicted molar refractivity (Wildman–Crippen MR) is 66.7 cm³/mol. The Balaban J connectivity index is 2.17. The number of H-pyrrole nitrogens is 1. The second-order valence-electron chi connectivity index (χ2n) is 3.15. The third-order valence-corrected chi connectivity index (χ3v) is 3.06. The molecule has 0 saturated heterocycles. The van der Waals surface area contributed by atoms with Crippen molar-refractivity contribution in [3.63, 3.8) is 0 Å². The molecule has 0 atom stereocenters. The van der Waals surface area contributed by atoms with Gasteiger partial charge in [-0.2, -0.15) is 0 Å². The summed E-state index contributed by atoms with van der Waals surface area (Å²) in [5, 5.41) is 4.72. The zero-order valence-electron chi connectivity index (χ0n) is 8.57. The van der Waals surface area contributed by atoms with Crippen molar-refractivity contribution < 1.29 is 4.79 Å². The van der Waals surface area contributed by atoms with Crippen molar-refractivity contribution in [2.75, 3.05) is 5.32 Å². The summed E-state index contributed by atoms with van der Waals surface area (Å²) in [6.07, 6.45) is 2.82. The third kappa shape index (κ3) is 2.72. The van der Waals surface area contributed by atoms with Crippen LogP contribution in [0.2, 0.25) is 0 Å². The number of thiazole rings is 1. The first kappa shape index (κ1) is 11.8. The van der Waals surface area contributed by atoms with Crippen LogP contribution in [-0.2, 0) is 5.88 Å². The molecule has 0 aliphatic heterocycles. The van der Waals surface area contributed by atoms with E-state index in [2.05, 4.69) is 15.3 Å². The van der Waals surface area contributed by atoms with Crippen molar-refractivity contribution in [3.8, 4) is 0 Å². The first-order valence-corrected chi connectivity index (χ1v) is 6.11. The summed E-state index contributed by atoms with van der Waals surface area (Å²) in [6, 6.07) is 1.29. The summed E-state index contributed by atoms with van der Waals surface area (Å²) >= 11 is 6.86. The molecular formula is C10H8ClN3O2S. The van der Waals surface area contributed by atoms with Crippen molar-refractivity contribution >= 4 is 34.0 Å². The maximum atomic E-state index is 11.7. The number of nitrogens with one attached hydrogen (secondary N) is 2. The minimum absolute atomic E-state index is 0.0510. The number of hydrogen-bond donors (Lipinski definition) is 2. The number of amides is 1. The van der Waals surface area contributed by atoms with E-state index in [9.17, 15) is 9.59 Å². The Morgan fingerprint density at radius 2 is 2.41 bits per heavy atom. The fraction of sp³-hybridized carbons (Fsp3) is 0.100. The van der Waals surface area contributed by atoms with Crippen LogP contribution in [0.4, 0.5) is 5.13 Å². The molecule has 0 saturated carbocycles. The topological polar surface area (TPSA) is 74.8 Å². The van der Waals surface area contributed by atoms with Gasteiger partial charge in [0.25, 0.3) is 5.91 Å².